The van der Waals surface area contributed by atoms with Crippen LogP contribution in [0.3, 0.4) is 0 Å². The minimum absolute atomic E-state index is 0.175. The summed E-state index contributed by atoms with van der Waals surface area (Å²) in [5, 5.41) is 12.5. The van der Waals surface area contributed by atoms with Gasteiger partial charge in [0.15, 0.2) is 0 Å². The van der Waals surface area contributed by atoms with Gasteiger partial charge in [-0.05, 0) is 24.9 Å². The Bertz CT molecular complexity index is 469. The molecule has 1 amide bonds. The van der Waals surface area contributed by atoms with Crippen LogP contribution in [0.4, 0.5) is 4.39 Å². The van der Waals surface area contributed by atoms with E-state index in [0.29, 0.717) is 19.5 Å². The summed E-state index contributed by atoms with van der Waals surface area (Å²) in [4.78, 5) is 13.5. The molecule has 0 radical (unpaired) electrons. The summed E-state index contributed by atoms with van der Waals surface area (Å²) in [5.41, 5.74) is 1.28. The van der Waals surface area contributed by atoms with Gasteiger partial charge < -0.3 is 10.4 Å². The van der Waals surface area contributed by atoms with Crippen LogP contribution in [0, 0.1) is 0 Å². The van der Waals surface area contributed by atoms with Crippen molar-refractivity contribution in [1.29, 1.82) is 0 Å². The molecule has 0 aliphatic carbocycles. The third kappa shape index (κ3) is 4.78. The fraction of sp³-hybridized carbons (Fsp3) is 0.588. The van der Waals surface area contributed by atoms with E-state index in [1.807, 2.05) is 23.1 Å². The molecule has 1 heterocycles. The number of β-amino-alcohol motifs (C(OH)–C–C–N with tert-alkyl or cyclic N) is 1. The summed E-state index contributed by atoms with van der Waals surface area (Å²) in [5.74, 6) is -0.175. The second-order valence-corrected chi connectivity index (χ2v) is 5.89. The summed E-state index contributed by atoms with van der Waals surface area (Å²) in [7, 11) is 0. The molecule has 1 aromatic carbocycles. The number of nitrogens with one attached hydrogen (secondary N) is 1. The molecule has 2 rings (SSSR count). The Morgan fingerprint density at radius 3 is 2.77 bits per heavy atom. The van der Waals surface area contributed by atoms with Gasteiger partial charge in [0.2, 0.25) is 5.91 Å². The molecule has 1 aliphatic rings. The van der Waals surface area contributed by atoms with Crippen molar-refractivity contribution in [3.63, 3.8) is 0 Å². The lowest BCUT2D eigenvalue weighted by atomic mass is 10.00. The molecule has 122 valence electrons. The molecule has 3 atom stereocenters. The molecule has 5 heteroatoms. The standard InChI is InChI=1S/C17H25FN2O2/c1-2-16(22)19-14-11-20(12-15(21)17(14)18)10-6-9-13-7-4-3-5-8-13/h3-5,7-8,14-15,17,21H,2,6,9-12H2,1H3,(H,19,22). The summed E-state index contributed by atoms with van der Waals surface area (Å²) in [6, 6.07) is 9.59. The lowest BCUT2D eigenvalue weighted by Crippen LogP contribution is -2.59. The zero-order chi connectivity index (χ0) is 15.9. The first-order chi connectivity index (χ1) is 10.6. The molecule has 4 nitrogen and oxygen atoms in total. The van der Waals surface area contributed by atoms with Crippen molar-refractivity contribution in [1.82, 2.24) is 10.2 Å². The highest BCUT2D eigenvalue weighted by molar-refractivity contribution is 5.75. The molecule has 0 bridgehead atoms. The van der Waals surface area contributed by atoms with Gasteiger partial charge >= 0.3 is 0 Å². The highest BCUT2D eigenvalue weighted by atomic mass is 19.1. The number of likely N-dealkylation sites (tertiary alicyclic amines) is 1. The van der Waals surface area contributed by atoms with Crippen molar-refractivity contribution >= 4 is 5.91 Å². The van der Waals surface area contributed by atoms with Gasteiger partial charge in [0.1, 0.15) is 6.17 Å². The summed E-state index contributed by atoms with van der Waals surface area (Å²) in [6.45, 7) is 3.31. The number of aliphatic hydroxyl groups excluding tert-OH is 1. The molecular weight excluding hydrogens is 283 g/mol. The Kier molecular flexibility index (Phi) is 6.34. The van der Waals surface area contributed by atoms with Crippen LogP contribution in [-0.4, -0.2) is 53.9 Å². The quantitative estimate of drug-likeness (QED) is 0.838. The number of aliphatic hydroxyl groups is 1. The van der Waals surface area contributed by atoms with Crippen LogP contribution in [0.25, 0.3) is 0 Å². The predicted octanol–water partition coefficient (Wildman–Crippen LogP) is 1.53. The molecule has 1 saturated heterocycles. The van der Waals surface area contributed by atoms with Crippen molar-refractivity contribution in [3.8, 4) is 0 Å². The highest BCUT2D eigenvalue weighted by Crippen LogP contribution is 2.16. The normalized spacial score (nSPS) is 25.9. The number of aryl methyl sites for hydroxylation is 1. The number of piperidine rings is 1. The molecule has 1 aromatic rings. The SMILES string of the molecule is CCC(=O)NC1CN(CCCc2ccccc2)CC(O)C1F. The number of halogens is 1. The molecule has 22 heavy (non-hydrogen) atoms. The fourth-order valence-corrected chi connectivity index (χ4v) is 2.85. The minimum atomic E-state index is -1.39. The molecule has 0 spiro atoms. The Labute approximate surface area is 131 Å². The van der Waals surface area contributed by atoms with Gasteiger partial charge in [-0.1, -0.05) is 37.3 Å². The van der Waals surface area contributed by atoms with Gasteiger partial charge in [0, 0.05) is 19.5 Å². The van der Waals surface area contributed by atoms with Gasteiger partial charge in [0.05, 0.1) is 12.1 Å². The van der Waals surface area contributed by atoms with Crippen molar-refractivity contribution < 1.29 is 14.3 Å². The number of carbonyl (C=O) groups is 1. The molecule has 1 fully saturated rings. The lowest BCUT2D eigenvalue weighted by Gasteiger charge is -2.38. The first-order valence-electron chi connectivity index (χ1n) is 7.98. The van der Waals surface area contributed by atoms with E-state index in [1.165, 1.54) is 5.56 Å². The maximum absolute atomic E-state index is 14.0. The molecule has 2 N–H and O–H groups in total. The van der Waals surface area contributed by atoms with Crippen LogP contribution < -0.4 is 5.32 Å². The molecule has 0 saturated carbocycles. The Hall–Kier alpha value is -1.46. The Morgan fingerprint density at radius 2 is 2.09 bits per heavy atom. The first-order valence-corrected chi connectivity index (χ1v) is 7.98. The van der Waals surface area contributed by atoms with E-state index in [-0.39, 0.29) is 5.91 Å². The molecular formula is C17H25FN2O2. The number of carbonyl (C=O) groups excluding carboxylic acids is 1. The van der Waals surface area contributed by atoms with Crippen LogP contribution in [-0.2, 0) is 11.2 Å². The van der Waals surface area contributed by atoms with E-state index in [4.69, 9.17) is 0 Å². The Morgan fingerprint density at radius 1 is 1.36 bits per heavy atom. The number of nitrogens with zero attached hydrogens (tertiary/aromatic N) is 1. The topological polar surface area (TPSA) is 52.6 Å². The van der Waals surface area contributed by atoms with Crippen LogP contribution in [0.1, 0.15) is 25.3 Å². The number of hydrogen-bond donors (Lipinski definition) is 2. The third-order valence-electron chi connectivity index (χ3n) is 4.10. The van der Waals surface area contributed by atoms with E-state index in [9.17, 15) is 14.3 Å². The van der Waals surface area contributed by atoms with E-state index >= 15 is 0 Å². The van der Waals surface area contributed by atoms with Crippen LogP contribution in [0.15, 0.2) is 30.3 Å². The zero-order valence-electron chi connectivity index (χ0n) is 13.0. The van der Waals surface area contributed by atoms with Gasteiger partial charge in [-0.3, -0.25) is 9.69 Å². The molecule has 1 aliphatic heterocycles. The zero-order valence-corrected chi connectivity index (χ0v) is 13.0. The minimum Gasteiger partial charge on any atom is -0.389 e. The fourth-order valence-electron chi connectivity index (χ4n) is 2.85. The highest BCUT2D eigenvalue weighted by Gasteiger charge is 2.36. The van der Waals surface area contributed by atoms with E-state index in [0.717, 1.165) is 19.4 Å². The second kappa shape index (κ2) is 8.25. The molecule has 0 aromatic heterocycles. The van der Waals surface area contributed by atoms with Crippen molar-refractivity contribution in [2.45, 2.75) is 44.5 Å². The average Bonchev–Trinajstić information content (AvgIpc) is 2.53. The number of benzene rings is 1. The van der Waals surface area contributed by atoms with Gasteiger partial charge in [0.25, 0.3) is 0 Å². The first kappa shape index (κ1) is 16.9. The number of hydrogen-bond acceptors (Lipinski definition) is 3. The third-order valence-corrected chi connectivity index (χ3v) is 4.10. The van der Waals surface area contributed by atoms with Gasteiger partial charge in [-0.25, -0.2) is 4.39 Å². The van der Waals surface area contributed by atoms with E-state index in [2.05, 4.69) is 17.4 Å². The number of alkyl halides is 1. The van der Waals surface area contributed by atoms with Crippen LogP contribution >= 0.6 is 0 Å². The van der Waals surface area contributed by atoms with Crippen LogP contribution in [0.5, 0.6) is 0 Å². The van der Waals surface area contributed by atoms with E-state index < -0.39 is 18.3 Å². The van der Waals surface area contributed by atoms with E-state index in [1.54, 1.807) is 6.92 Å². The van der Waals surface area contributed by atoms with Gasteiger partial charge in [-0.15, -0.1) is 0 Å². The molecule has 3 unspecified atom stereocenters. The average molecular weight is 308 g/mol. The van der Waals surface area contributed by atoms with Crippen molar-refractivity contribution in [2.75, 3.05) is 19.6 Å². The Balaban J connectivity index is 1.82. The smallest absolute Gasteiger partial charge is 0.220 e. The van der Waals surface area contributed by atoms with Crippen molar-refractivity contribution in [3.05, 3.63) is 35.9 Å². The van der Waals surface area contributed by atoms with Crippen LogP contribution in [0.2, 0.25) is 0 Å². The summed E-state index contributed by atoms with van der Waals surface area (Å²) in [6.07, 6.45) is -0.193. The monoisotopic (exact) mass is 308 g/mol. The summed E-state index contributed by atoms with van der Waals surface area (Å²) < 4.78 is 14.0. The summed E-state index contributed by atoms with van der Waals surface area (Å²) >= 11 is 0. The maximum atomic E-state index is 14.0. The van der Waals surface area contributed by atoms with Gasteiger partial charge in [-0.2, -0.15) is 0 Å². The second-order valence-electron chi connectivity index (χ2n) is 5.89. The number of amides is 1. The lowest BCUT2D eigenvalue weighted by molar-refractivity contribution is -0.123. The largest absolute Gasteiger partial charge is 0.389 e. The number of rotatable bonds is 6. The predicted molar refractivity (Wildman–Crippen MR) is 84.3 cm³/mol. The maximum Gasteiger partial charge on any atom is 0.220 e. The van der Waals surface area contributed by atoms with Crippen molar-refractivity contribution in [2.24, 2.45) is 0 Å².